The van der Waals surface area contributed by atoms with Crippen molar-refractivity contribution in [1.29, 1.82) is 0 Å². The van der Waals surface area contributed by atoms with Crippen molar-refractivity contribution in [3.63, 3.8) is 0 Å². The summed E-state index contributed by atoms with van der Waals surface area (Å²) in [6, 6.07) is 0. The first-order valence-electron chi connectivity index (χ1n) is 8.22. The van der Waals surface area contributed by atoms with Crippen LogP contribution in [-0.4, -0.2) is 37.6 Å². The normalized spacial score (nSPS) is 29.3. The number of likely N-dealkylation sites (tertiary alicyclic amines) is 1. The van der Waals surface area contributed by atoms with Crippen molar-refractivity contribution < 1.29 is 0 Å². The highest BCUT2D eigenvalue weighted by Crippen LogP contribution is 2.24. The van der Waals surface area contributed by atoms with Crippen molar-refractivity contribution in [2.24, 2.45) is 17.8 Å². The van der Waals surface area contributed by atoms with E-state index < -0.39 is 0 Å². The lowest BCUT2D eigenvalue weighted by Gasteiger charge is -2.34. The molecule has 106 valence electrons. The molecule has 2 heterocycles. The van der Waals surface area contributed by atoms with Crippen LogP contribution in [0.3, 0.4) is 0 Å². The molecule has 0 spiro atoms. The van der Waals surface area contributed by atoms with E-state index in [9.17, 15) is 0 Å². The zero-order chi connectivity index (χ0) is 12.8. The van der Waals surface area contributed by atoms with Crippen molar-refractivity contribution >= 4 is 0 Å². The Labute approximate surface area is 114 Å². The molecule has 2 aliphatic rings. The molecule has 0 aromatic carbocycles. The summed E-state index contributed by atoms with van der Waals surface area (Å²) in [6.07, 6.45) is 8.51. The average Bonchev–Trinajstić information content (AvgIpc) is 2.46. The highest BCUT2D eigenvalue weighted by Gasteiger charge is 2.22. The van der Waals surface area contributed by atoms with Crippen molar-refractivity contribution in [1.82, 2.24) is 10.2 Å². The van der Waals surface area contributed by atoms with Gasteiger partial charge in [-0.25, -0.2) is 0 Å². The molecular weight excluding hydrogens is 220 g/mol. The Morgan fingerprint density at radius 2 is 2.00 bits per heavy atom. The van der Waals surface area contributed by atoms with Crippen molar-refractivity contribution in [3.8, 4) is 0 Å². The van der Waals surface area contributed by atoms with Gasteiger partial charge in [0.2, 0.25) is 0 Å². The minimum absolute atomic E-state index is 0.904. The molecule has 0 aromatic rings. The number of hydrogen-bond acceptors (Lipinski definition) is 2. The van der Waals surface area contributed by atoms with Crippen LogP contribution >= 0.6 is 0 Å². The third kappa shape index (κ3) is 4.24. The quantitative estimate of drug-likeness (QED) is 0.808. The number of hydrogen-bond donors (Lipinski definition) is 1. The molecule has 2 rings (SSSR count). The zero-order valence-electron chi connectivity index (χ0n) is 12.5. The molecule has 2 heteroatoms. The summed E-state index contributed by atoms with van der Waals surface area (Å²) in [5, 5.41) is 3.55. The fourth-order valence-electron chi connectivity index (χ4n) is 3.60. The molecule has 2 nitrogen and oxygen atoms in total. The summed E-state index contributed by atoms with van der Waals surface area (Å²) in [5.74, 6) is 2.86. The molecular formula is C16H32N2. The van der Waals surface area contributed by atoms with E-state index in [2.05, 4.69) is 24.1 Å². The Bertz CT molecular complexity index is 215. The molecule has 0 radical (unpaired) electrons. The van der Waals surface area contributed by atoms with E-state index in [0.717, 1.165) is 17.8 Å². The fraction of sp³-hybridized carbons (Fsp3) is 1.00. The summed E-state index contributed by atoms with van der Waals surface area (Å²) in [5.41, 5.74) is 0. The number of nitrogens with zero attached hydrogens (tertiary/aromatic N) is 1. The van der Waals surface area contributed by atoms with Gasteiger partial charge in [0, 0.05) is 0 Å². The first-order chi connectivity index (χ1) is 8.79. The maximum absolute atomic E-state index is 3.55. The molecule has 0 aromatic heterocycles. The van der Waals surface area contributed by atoms with Crippen LogP contribution in [0, 0.1) is 17.8 Å². The molecule has 2 fully saturated rings. The number of piperidine rings is 2. The zero-order valence-corrected chi connectivity index (χ0v) is 12.5. The lowest BCUT2D eigenvalue weighted by Crippen LogP contribution is -2.37. The SMILES string of the molecule is CCC1CCN(CCC(C)C2CCCNC2)CC1. The Morgan fingerprint density at radius 3 is 2.61 bits per heavy atom. The molecule has 1 N–H and O–H groups in total. The van der Waals surface area contributed by atoms with Gasteiger partial charge in [-0.2, -0.15) is 0 Å². The topological polar surface area (TPSA) is 15.3 Å². The molecule has 18 heavy (non-hydrogen) atoms. The second kappa shape index (κ2) is 7.49. The van der Waals surface area contributed by atoms with Crippen LogP contribution in [0.5, 0.6) is 0 Å². The molecule has 0 aliphatic carbocycles. The molecule has 0 saturated carbocycles. The summed E-state index contributed by atoms with van der Waals surface area (Å²) < 4.78 is 0. The van der Waals surface area contributed by atoms with Gasteiger partial charge in [0.15, 0.2) is 0 Å². The smallest absolute Gasteiger partial charge is 0.00161 e. The Hall–Kier alpha value is -0.0800. The molecule has 2 saturated heterocycles. The lowest BCUT2D eigenvalue weighted by atomic mass is 9.85. The third-order valence-electron chi connectivity index (χ3n) is 5.32. The molecule has 0 bridgehead atoms. The maximum atomic E-state index is 3.55. The van der Waals surface area contributed by atoms with Gasteiger partial charge < -0.3 is 10.2 Å². The predicted octanol–water partition coefficient (Wildman–Crippen LogP) is 3.13. The minimum atomic E-state index is 0.904. The van der Waals surface area contributed by atoms with Crippen LogP contribution in [0.4, 0.5) is 0 Å². The van der Waals surface area contributed by atoms with Crippen molar-refractivity contribution in [3.05, 3.63) is 0 Å². The summed E-state index contributed by atoms with van der Waals surface area (Å²) in [4.78, 5) is 2.71. The van der Waals surface area contributed by atoms with Crippen LogP contribution < -0.4 is 5.32 Å². The van der Waals surface area contributed by atoms with Gasteiger partial charge in [-0.15, -0.1) is 0 Å². The Kier molecular flexibility index (Phi) is 5.97. The van der Waals surface area contributed by atoms with Crippen molar-refractivity contribution in [2.45, 2.75) is 52.4 Å². The predicted molar refractivity (Wildman–Crippen MR) is 78.8 cm³/mol. The van der Waals surface area contributed by atoms with Crippen LogP contribution in [-0.2, 0) is 0 Å². The van der Waals surface area contributed by atoms with Gasteiger partial charge in [-0.3, -0.25) is 0 Å². The van der Waals surface area contributed by atoms with Crippen LogP contribution in [0.2, 0.25) is 0 Å². The van der Waals surface area contributed by atoms with Gasteiger partial charge in [-0.05, 0) is 82.6 Å². The van der Waals surface area contributed by atoms with Gasteiger partial charge in [0.1, 0.15) is 0 Å². The van der Waals surface area contributed by atoms with E-state index in [1.807, 2.05) is 0 Å². The van der Waals surface area contributed by atoms with E-state index in [1.165, 1.54) is 71.2 Å². The number of nitrogens with one attached hydrogen (secondary N) is 1. The van der Waals surface area contributed by atoms with Crippen LogP contribution in [0.1, 0.15) is 52.4 Å². The summed E-state index contributed by atoms with van der Waals surface area (Å²) >= 11 is 0. The van der Waals surface area contributed by atoms with Crippen LogP contribution in [0.25, 0.3) is 0 Å². The fourth-order valence-corrected chi connectivity index (χ4v) is 3.60. The molecule has 2 unspecified atom stereocenters. The second-order valence-corrected chi connectivity index (χ2v) is 6.57. The number of rotatable bonds is 5. The highest BCUT2D eigenvalue weighted by molar-refractivity contribution is 4.76. The largest absolute Gasteiger partial charge is 0.316 e. The Balaban J connectivity index is 1.62. The standard InChI is InChI=1S/C16H32N2/c1-3-15-7-11-18(12-8-15)10-6-14(2)16-5-4-9-17-13-16/h14-17H,3-13H2,1-2H3. The van der Waals surface area contributed by atoms with E-state index in [1.54, 1.807) is 0 Å². The maximum Gasteiger partial charge on any atom is -0.00161 e. The summed E-state index contributed by atoms with van der Waals surface area (Å²) in [6.45, 7) is 11.4. The lowest BCUT2D eigenvalue weighted by molar-refractivity contribution is 0.160. The first-order valence-corrected chi connectivity index (χ1v) is 8.22. The van der Waals surface area contributed by atoms with Crippen LogP contribution in [0.15, 0.2) is 0 Å². The van der Waals surface area contributed by atoms with E-state index in [-0.39, 0.29) is 0 Å². The average molecular weight is 252 g/mol. The second-order valence-electron chi connectivity index (χ2n) is 6.57. The van der Waals surface area contributed by atoms with Gasteiger partial charge in [-0.1, -0.05) is 20.3 Å². The summed E-state index contributed by atoms with van der Waals surface area (Å²) in [7, 11) is 0. The van der Waals surface area contributed by atoms with E-state index in [0.29, 0.717) is 0 Å². The highest BCUT2D eigenvalue weighted by atomic mass is 15.1. The van der Waals surface area contributed by atoms with Gasteiger partial charge in [0.05, 0.1) is 0 Å². The van der Waals surface area contributed by atoms with Gasteiger partial charge in [0.25, 0.3) is 0 Å². The Morgan fingerprint density at radius 1 is 1.22 bits per heavy atom. The molecule has 2 aliphatic heterocycles. The van der Waals surface area contributed by atoms with E-state index >= 15 is 0 Å². The monoisotopic (exact) mass is 252 g/mol. The third-order valence-corrected chi connectivity index (χ3v) is 5.32. The molecule has 0 amide bonds. The first kappa shape index (κ1) is 14.3. The van der Waals surface area contributed by atoms with E-state index in [4.69, 9.17) is 0 Å². The minimum Gasteiger partial charge on any atom is -0.316 e. The van der Waals surface area contributed by atoms with Gasteiger partial charge >= 0.3 is 0 Å². The van der Waals surface area contributed by atoms with Crippen molar-refractivity contribution in [2.75, 3.05) is 32.7 Å². The molecule has 2 atom stereocenters.